The van der Waals surface area contributed by atoms with Gasteiger partial charge in [-0.3, -0.25) is 0 Å². The fraction of sp³-hybridized carbons (Fsp3) is 0.636. The number of nitrogens with one attached hydrogen (secondary N) is 1. The molecule has 0 aromatic carbocycles. The summed E-state index contributed by atoms with van der Waals surface area (Å²) in [7, 11) is 0. The number of rotatable bonds is 6. The first-order valence-electron chi connectivity index (χ1n) is 5.18. The molecule has 0 saturated heterocycles. The molecule has 0 aliphatic rings. The molecule has 0 radical (unpaired) electrons. The summed E-state index contributed by atoms with van der Waals surface area (Å²) >= 11 is 5.33. The molecule has 1 N–H and O–H groups in total. The van der Waals surface area contributed by atoms with Gasteiger partial charge in [-0.1, -0.05) is 6.92 Å². The number of halogens is 1. The third-order valence-corrected chi connectivity index (χ3v) is 4.11. The molecule has 1 aromatic rings. The fourth-order valence-electron chi connectivity index (χ4n) is 1.35. The Morgan fingerprint density at radius 2 is 2.29 bits per heavy atom. The first-order valence-corrected chi connectivity index (χ1v) is 6.91. The van der Waals surface area contributed by atoms with Crippen molar-refractivity contribution in [2.24, 2.45) is 0 Å². The lowest BCUT2D eigenvalue weighted by Crippen LogP contribution is -2.27. The minimum Gasteiger partial charge on any atom is -0.314 e. The smallest absolute Gasteiger partial charge is 0.0314 e. The van der Waals surface area contributed by atoms with Crippen LogP contribution in [0.15, 0.2) is 15.2 Å². The van der Waals surface area contributed by atoms with Gasteiger partial charge in [-0.05, 0) is 59.6 Å². The molecule has 1 heterocycles. The van der Waals surface area contributed by atoms with Crippen LogP contribution >= 0.6 is 27.3 Å². The van der Waals surface area contributed by atoms with Crippen LogP contribution in [0.5, 0.6) is 0 Å². The number of thiophene rings is 1. The topological polar surface area (TPSA) is 12.0 Å². The van der Waals surface area contributed by atoms with E-state index in [9.17, 15) is 0 Å². The first-order chi connectivity index (χ1) is 6.74. The molecule has 0 spiro atoms. The van der Waals surface area contributed by atoms with Crippen LogP contribution in [0.1, 0.15) is 32.3 Å². The molecule has 0 aliphatic carbocycles. The van der Waals surface area contributed by atoms with E-state index in [-0.39, 0.29) is 0 Å². The molecule has 0 bridgehead atoms. The molecule has 80 valence electrons. The highest BCUT2D eigenvalue weighted by molar-refractivity contribution is 9.10. The van der Waals surface area contributed by atoms with E-state index in [1.165, 1.54) is 29.3 Å². The Labute approximate surface area is 99.0 Å². The Balaban J connectivity index is 2.23. The molecule has 0 aliphatic heterocycles. The Kier molecular flexibility index (Phi) is 5.75. The Morgan fingerprint density at radius 1 is 1.50 bits per heavy atom. The van der Waals surface area contributed by atoms with Gasteiger partial charge in [-0.25, -0.2) is 0 Å². The van der Waals surface area contributed by atoms with Crippen LogP contribution in [0.4, 0.5) is 0 Å². The average Bonchev–Trinajstić information content (AvgIpc) is 2.58. The zero-order valence-electron chi connectivity index (χ0n) is 8.85. The maximum Gasteiger partial charge on any atom is 0.0314 e. The van der Waals surface area contributed by atoms with Crippen molar-refractivity contribution in [1.29, 1.82) is 0 Å². The Morgan fingerprint density at radius 3 is 2.86 bits per heavy atom. The van der Waals surface area contributed by atoms with E-state index in [1.54, 1.807) is 11.3 Å². The summed E-state index contributed by atoms with van der Waals surface area (Å²) in [6.45, 7) is 5.59. The Bertz CT molecular complexity index is 260. The maximum absolute atomic E-state index is 3.56. The third-order valence-electron chi connectivity index (χ3n) is 2.28. The molecule has 0 saturated carbocycles. The third kappa shape index (κ3) is 4.11. The predicted molar refractivity (Wildman–Crippen MR) is 68.1 cm³/mol. The van der Waals surface area contributed by atoms with E-state index in [0.29, 0.717) is 6.04 Å². The van der Waals surface area contributed by atoms with Gasteiger partial charge in [-0.15, -0.1) is 0 Å². The lowest BCUT2D eigenvalue weighted by molar-refractivity contribution is 0.514. The van der Waals surface area contributed by atoms with Gasteiger partial charge in [0.25, 0.3) is 0 Å². The fourth-order valence-corrected chi connectivity index (χ4v) is 2.89. The largest absolute Gasteiger partial charge is 0.314 e. The van der Waals surface area contributed by atoms with Gasteiger partial charge in [0.2, 0.25) is 0 Å². The van der Waals surface area contributed by atoms with Crippen LogP contribution in [0.2, 0.25) is 0 Å². The van der Waals surface area contributed by atoms with Gasteiger partial charge in [-0.2, -0.15) is 11.3 Å². The van der Waals surface area contributed by atoms with E-state index in [0.717, 1.165) is 6.54 Å². The van der Waals surface area contributed by atoms with E-state index in [2.05, 4.69) is 45.9 Å². The second kappa shape index (κ2) is 6.59. The van der Waals surface area contributed by atoms with Crippen molar-refractivity contribution in [3.63, 3.8) is 0 Å². The quantitative estimate of drug-likeness (QED) is 0.832. The summed E-state index contributed by atoms with van der Waals surface area (Å²) in [6.07, 6.45) is 3.60. The van der Waals surface area contributed by atoms with E-state index < -0.39 is 0 Å². The van der Waals surface area contributed by atoms with E-state index >= 15 is 0 Å². The molecule has 1 unspecified atom stereocenters. The molecule has 14 heavy (non-hydrogen) atoms. The standard InChI is InChI=1S/C11H18BrNS/c1-3-6-13-9(2)4-5-10-7-14-8-11(10)12/h7-9,13H,3-6H2,1-2H3. The minimum atomic E-state index is 0.627. The first kappa shape index (κ1) is 12.2. The van der Waals surface area contributed by atoms with Crippen LogP contribution in [0, 0.1) is 0 Å². The predicted octanol–water partition coefficient (Wildman–Crippen LogP) is 3.83. The van der Waals surface area contributed by atoms with Gasteiger partial charge in [0.15, 0.2) is 0 Å². The van der Waals surface area contributed by atoms with E-state index in [1.807, 2.05) is 0 Å². The maximum atomic E-state index is 3.56. The normalized spacial score (nSPS) is 13.1. The van der Waals surface area contributed by atoms with Crippen LogP contribution < -0.4 is 5.32 Å². The minimum absolute atomic E-state index is 0.627. The average molecular weight is 276 g/mol. The highest BCUT2D eigenvalue weighted by atomic mass is 79.9. The van der Waals surface area contributed by atoms with Gasteiger partial charge in [0, 0.05) is 15.9 Å². The highest BCUT2D eigenvalue weighted by Gasteiger charge is 2.04. The molecular formula is C11H18BrNS. The molecule has 1 aromatic heterocycles. The van der Waals surface area contributed by atoms with Crippen molar-refractivity contribution < 1.29 is 0 Å². The molecule has 0 fully saturated rings. The second-order valence-electron chi connectivity index (χ2n) is 3.64. The SMILES string of the molecule is CCCNC(C)CCc1cscc1Br. The molecule has 1 rings (SSSR count). The van der Waals surface area contributed by atoms with Gasteiger partial charge >= 0.3 is 0 Å². The summed E-state index contributed by atoms with van der Waals surface area (Å²) in [4.78, 5) is 0. The number of hydrogen-bond acceptors (Lipinski definition) is 2. The van der Waals surface area contributed by atoms with Crippen molar-refractivity contribution in [3.8, 4) is 0 Å². The number of hydrogen-bond donors (Lipinski definition) is 1. The van der Waals surface area contributed by atoms with Gasteiger partial charge in [0.05, 0.1) is 0 Å². The molecule has 1 atom stereocenters. The lowest BCUT2D eigenvalue weighted by Gasteiger charge is -2.12. The van der Waals surface area contributed by atoms with E-state index in [4.69, 9.17) is 0 Å². The van der Waals surface area contributed by atoms with Crippen molar-refractivity contribution in [1.82, 2.24) is 5.32 Å². The summed E-state index contributed by atoms with van der Waals surface area (Å²) in [5.74, 6) is 0. The zero-order chi connectivity index (χ0) is 10.4. The molecule has 3 heteroatoms. The van der Waals surface area contributed by atoms with Crippen LogP contribution in [-0.4, -0.2) is 12.6 Å². The van der Waals surface area contributed by atoms with Crippen LogP contribution in [-0.2, 0) is 6.42 Å². The summed E-state index contributed by atoms with van der Waals surface area (Å²) < 4.78 is 1.27. The number of aryl methyl sites for hydroxylation is 1. The second-order valence-corrected chi connectivity index (χ2v) is 5.24. The van der Waals surface area contributed by atoms with Crippen molar-refractivity contribution in [2.75, 3.05) is 6.54 Å². The summed E-state index contributed by atoms with van der Waals surface area (Å²) in [5, 5.41) is 7.89. The molecule has 0 amide bonds. The van der Waals surface area contributed by atoms with Gasteiger partial charge < -0.3 is 5.32 Å². The van der Waals surface area contributed by atoms with Gasteiger partial charge in [0.1, 0.15) is 0 Å². The summed E-state index contributed by atoms with van der Waals surface area (Å²) in [6, 6.07) is 0.627. The van der Waals surface area contributed by atoms with Crippen molar-refractivity contribution >= 4 is 27.3 Å². The highest BCUT2D eigenvalue weighted by Crippen LogP contribution is 2.22. The zero-order valence-corrected chi connectivity index (χ0v) is 11.2. The summed E-state index contributed by atoms with van der Waals surface area (Å²) in [5.41, 5.74) is 1.44. The Hall–Kier alpha value is 0.140. The molecule has 1 nitrogen and oxygen atoms in total. The molecular weight excluding hydrogens is 258 g/mol. The monoisotopic (exact) mass is 275 g/mol. The van der Waals surface area contributed by atoms with Crippen LogP contribution in [0.25, 0.3) is 0 Å². The lowest BCUT2D eigenvalue weighted by atomic mass is 10.1. The van der Waals surface area contributed by atoms with Crippen molar-refractivity contribution in [2.45, 2.75) is 39.2 Å². The van der Waals surface area contributed by atoms with Crippen LogP contribution in [0.3, 0.4) is 0 Å². The van der Waals surface area contributed by atoms with Crippen molar-refractivity contribution in [3.05, 3.63) is 20.8 Å².